The van der Waals surface area contributed by atoms with E-state index in [0.29, 0.717) is 39.5 Å². The largest absolute Gasteiger partial charge is 0.495 e. The number of benzene rings is 2. The van der Waals surface area contributed by atoms with Crippen molar-refractivity contribution < 1.29 is 19.1 Å². The minimum absolute atomic E-state index is 0.168. The summed E-state index contributed by atoms with van der Waals surface area (Å²) < 4.78 is 11.1. The maximum Gasteiger partial charge on any atom is 0.335 e. The number of carbonyl (C=O) groups is 1. The SMILES string of the molecule is COc1ccc(C(=O)O)cc1NCc1ccc(-c2ccc(Cl)cc2Cl)o1. The van der Waals surface area contributed by atoms with E-state index in [1.807, 2.05) is 12.1 Å². The van der Waals surface area contributed by atoms with Crippen molar-refractivity contribution in [3.8, 4) is 17.1 Å². The number of hydrogen-bond donors (Lipinski definition) is 2. The van der Waals surface area contributed by atoms with Crippen LogP contribution in [-0.2, 0) is 6.54 Å². The van der Waals surface area contributed by atoms with Crippen LogP contribution >= 0.6 is 23.2 Å². The van der Waals surface area contributed by atoms with Crippen LogP contribution < -0.4 is 10.1 Å². The molecule has 2 aromatic carbocycles. The average molecular weight is 392 g/mol. The standard InChI is InChI=1S/C19H15Cl2NO4/c1-25-18-6-2-11(19(23)24)8-16(18)22-10-13-4-7-17(26-13)14-5-3-12(20)9-15(14)21/h2-9,22H,10H2,1H3,(H,23,24). The van der Waals surface area contributed by atoms with Crippen LogP contribution in [0.4, 0.5) is 5.69 Å². The van der Waals surface area contributed by atoms with E-state index in [-0.39, 0.29) is 5.56 Å². The molecule has 7 heteroatoms. The molecule has 0 fully saturated rings. The van der Waals surface area contributed by atoms with Crippen LogP contribution in [0.5, 0.6) is 5.75 Å². The fourth-order valence-electron chi connectivity index (χ4n) is 2.47. The second-order valence-electron chi connectivity index (χ2n) is 5.46. The van der Waals surface area contributed by atoms with E-state index < -0.39 is 5.97 Å². The van der Waals surface area contributed by atoms with E-state index in [0.717, 1.165) is 5.56 Å². The molecule has 3 rings (SSSR count). The van der Waals surface area contributed by atoms with E-state index in [1.54, 1.807) is 24.3 Å². The summed E-state index contributed by atoms with van der Waals surface area (Å²) in [6.07, 6.45) is 0. The fourth-order valence-corrected chi connectivity index (χ4v) is 2.97. The molecule has 2 N–H and O–H groups in total. The third-order valence-electron chi connectivity index (χ3n) is 3.76. The Kier molecular flexibility index (Phi) is 5.40. The quantitative estimate of drug-likeness (QED) is 0.574. The summed E-state index contributed by atoms with van der Waals surface area (Å²) in [5.41, 5.74) is 1.48. The first-order chi connectivity index (χ1) is 12.5. The number of rotatable bonds is 6. The summed E-state index contributed by atoms with van der Waals surface area (Å²) in [6.45, 7) is 0.352. The zero-order chi connectivity index (χ0) is 18.7. The Morgan fingerprint density at radius 3 is 2.65 bits per heavy atom. The molecule has 0 aliphatic carbocycles. The second kappa shape index (κ2) is 7.72. The third kappa shape index (κ3) is 3.95. The van der Waals surface area contributed by atoms with Crippen LogP contribution in [0.15, 0.2) is 52.9 Å². The Morgan fingerprint density at radius 1 is 1.15 bits per heavy atom. The number of carboxylic acid groups (broad SMARTS) is 1. The van der Waals surface area contributed by atoms with Crippen molar-refractivity contribution in [2.45, 2.75) is 6.54 Å². The lowest BCUT2D eigenvalue weighted by Crippen LogP contribution is -2.03. The van der Waals surface area contributed by atoms with Gasteiger partial charge in [-0.25, -0.2) is 4.79 Å². The number of furan rings is 1. The maximum absolute atomic E-state index is 11.1. The number of carboxylic acids is 1. The number of methoxy groups -OCH3 is 1. The molecule has 5 nitrogen and oxygen atoms in total. The lowest BCUT2D eigenvalue weighted by atomic mass is 10.2. The van der Waals surface area contributed by atoms with Crippen LogP contribution in [-0.4, -0.2) is 18.2 Å². The van der Waals surface area contributed by atoms with Gasteiger partial charge in [0.25, 0.3) is 0 Å². The van der Waals surface area contributed by atoms with Crippen molar-refractivity contribution in [1.29, 1.82) is 0 Å². The number of nitrogens with one attached hydrogen (secondary N) is 1. The molecule has 0 bridgehead atoms. The topological polar surface area (TPSA) is 71.7 Å². The second-order valence-corrected chi connectivity index (χ2v) is 6.31. The fraction of sp³-hybridized carbons (Fsp3) is 0.105. The van der Waals surface area contributed by atoms with Crippen LogP contribution in [0.25, 0.3) is 11.3 Å². The number of halogens is 2. The number of ether oxygens (including phenoxy) is 1. The Balaban J connectivity index is 1.78. The minimum Gasteiger partial charge on any atom is -0.495 e. The Labute approximate surface area is 160 Å². The van der Waals surface area contributed by atoms with Gasteiger partial charge < -0.3 is 19.6 Å². The van der Waals surface area contributed by atoms with E-state index in [1.165, 1.54) is 19.2 Å². The Hall–Kier alpha value is -2.63. The average Bonchev–Trinajstić information content (AvgIpc) is 3.08. The van der Waals surface area contributed by atoms with Crippen molar-refractivity contribution in [3.05, 3.63) is 69.9 Å². The molecular weight excluding hydrogens is 377 g/mol. The lowest BCUT2D eigenvalue weighted by Gasteiger charge is -2.11. The molecule has 3 aromatic rings. The summed E-state index contributed by atoms with van der Waals surface area (Å²) in [7, 11) is 1.52. The van der Waals surface area contributed by atoms with Crippen LogP contribution in [0.3, 0.4) is 0 Å². The zero-order valence-corrected chi connectivity index (χ0v) is 15.3. The highest BCUT2D eigenvalue weighted by atomic mass is 35.5. The van der Waals surface area contributed by atoms with Gasteiger partial charge in [0, 0.05) is 10.6 Å². The molecule has 0 unspecified atom stereocenters. The molecular formula is C19H15Cl2NO4. The van der Waals surface area contributed by atoms with Gasteiger partial charge in [0.1, 0.15) is 17.3 Å². The van der Waals surface area contributed by atoms with E-state index in [2.05, 4.69) is 5.32 Å². The van der Waals surface area contributed by atoms with Crippen LogP contribution in [0.1, 0.15) is 16.1 Å². The van der Waals surface area contributed by atoms with Gasteiger partial charge in [-0.1, -0.05) is 23.2 Å². The highest BCUT2D eigenvalue weighted by molar-refractivity contribution is 6.36. The van der Waals surface area contributed by atoms with Gasteiger partial charge in [-0.05, 0) is 48.5 Å². The Bertz CT molecular complexity index is 952. The molecule has 0 aliphatic heterocycles. The molecule has 1 heterocycles. The molecule has 1 aromatic heterocycles. The lowest BCUT2D eigenvalue weighted by molar-refractivity contribution is 0.0697. The molecule has 0 radical (unpaired) electrons. The summed E-state index contributed by atoms with van der Waals surface area (Å²) in [4.78, 5) is 11.1. The minimum atomic E-state index is -1.01. The van der Waals surface area contributed by atoms with Crippen molar-refractivity contribution in [2.75, 3.05) is 12.4 Å². The third-order valence-corrected chi connectivity index (χ3v) is 4.31. The van der Waals surface area contributed by atoms with Gasteiger partial charge in [-0.2, -0.15) is 0 Å². The molecule has 0 saturated heterocycles. The molecule has 0 saturated carbocycles. The molecule has 0 atom stereocenters. The molecule has 0 spiro atoms. The van der Waals surface area contributed by atoms with Gasteiger partial charge >= 0.3 is 5.97 Å². The van der Waals surface area contributed by atoms with Crippen molar-refractivity contribution >= 4 is 34.9 Å². The van der Waals surface area contributed by atoms with E-state index >= 15 is 0 Å². The summed E-state index contributed by atoms with van der Waals surface area (Å²) in [6, 6.07) is 13.4. The van der Waals surface area contributed by atoms with Crippen molar-refractivity contribution in [1.82, 2.24) is 0 Å². The summed E-state index contributed by atoms with van der Waals surface area (Å²) in [5.74, 6) is 0.819. The number of anilines is 1. The van der Waals surface area contributed by atoms with E-state index in [9.17, 15) is 4.79 Å². The monoisotopic (exact) mass is 391 g/mol. The highest BCUT2D eigenvalue weighted by Gasteiger charge is 2.12. The Morgan fingerprint density at radius 2 is 1.96 bits per heavy atom. The first-order valence-electron chi connectivity index (χ1n) is 7.67. The van der Waals surface area contributed by atoms with Crippen molar-refractivity contribution in [3.63, 3.8) is 0 Å². The molecule has 134 valence electrons. The number of hydrogen-bond acceptors (Lipinski definition) is 4. The van der Waals surface area contributed by atoms with Gasteiger partial charge in [-0.15, -0.1) is 0 Å². The van der Waals surface area contributed by atoms with Crippen LogP contribution in [0.2, 0.25) is 10.0 Å². The smallest absolute Gasteiger partial charge is 0.335 e. The molecule has 26 heavy (non-hydrogen) atoms. The predicted octanol–water partition coefficient (Wildman–Crippen LogP) is 5.57. The summed E-state index contributed by atoms with van der Waals surface area (Å²) in [5, 5.41) is 13.3. The van der Waals surface area contributed by atoms with Gasteiger partial charge in [0.05, 0.1) is 29.9 Å². The predicted molar refractivity (Wildman–Crippen MR) is 101 cm³/mol. The highest BCUT2D eigenvalue weighted by Crippen LogP contribution is 2.32. The first-order valence-corrected chi connectivity index (χ1v) is 8.43. The van der Waals surface area contributed by atoms with Crippen molar-refractivity contribution in [2.24, 2.45) is 0 Å². The van der Waals surface area contributed by atoms with Gasteiger partial charge in [0.15, 0.2) is 0 Å². The van der Waals surface area contributed by atoms with E-state index in [4.69, 9.17) is 37.5 Å². The maximum atomic E-state index is 11.1. The van der Waals surface area contributed by atoms with Gasteiger partial charge in [-0.3, -0.25) is 0 Å². The summed E-state index contributed by atoms with van der Waals surface area (Å²) >= 11 is 12.1. The molecule has 0 aliphatic rings. The van der Waals surface area contributed by atoms with Gasteiger partial charge in [0.2, 0.25) is 0 Å². The normalized spacial score (nSPS) is 10.6. The molecule has 0 amide bonds. The van der Waals surface area contributed by atoms with Crippen LogP contribution in [0, 0.1) is 0 Å². The first kappa shape index (κ1) is 18.2. The zero-order valence-electron chi connectivity index (χ0n) is 13.8. The number of aromatic carboxylic acids is 1.